The van der Waals surface area contributed by atoms with E-state index in [2.05, 4.69) is 47.1 Å². The van der Waals surface area contributed by atoms with Gasteiger partial charge in [0, 0.05) is 0 Å². The summed E-state index contributed by atoms with van der Waals surface area (Å²) < 4.78 is 6.60. The molecule has 0 aliphatic carbocycles. The van der Waals surface area contributed by atoms with Gasteiger partial charge >= 0.3 is 0 Å². The lowest BCUT2D eigenvalue weighted by Gasteiger charge is -2.10. The Kier molecular flexibility index (Phi) is 3.69. The van der Waals surface area contributed by atoms with Gasteiger partial charge in [-0.25, -0.2) is 0 Å². The van der Waals surface area contributed by atoms with Gasteiger partial charge in [0.25, 0.3) is 0 Å². The van der Waals surface area contributed by atoms with E-state index in [1.807, 2.05) is 18.2 Å². The summed E-state index contributed by atoms with van der Waals surface area (Å²) in [7, 11) is 0. The van der Waals surface area contributed by atoms with E-state index in [1.165, 1.54) is 5.56 Å². The fourth-order valence-corrected chi connectivity index (χ4v) is 2.01. The summed E-state index contributed by atoms with van der Waals surface area (Å²) in [6.07, 6.45) is 0. The Labute approximate surface area is 110 Å². The molecule has 0 fully saturated rings. The SMILES string of the molecule is Cc1ccc(COc2c(N)cccc2Br)cc1. The molecule has 88 valence electrons. The molecule has 0 saturated carbocycles. The second-order valence-corrected chi connectivity index (χ2v) is 4.79. The van der Waals surface area contributed by atoms with Crippen LogP contribution in [-0.4, -0.2) is 0 Å². The molecule has 3 heteroatoms. The molecule has 2 aromatic rings. The van der Waals surface area contributed by atoms with Gasteiger partial charge in [-0.05, 0) is 40.5 Å². The Morgan fingerprint density at radius 1 is 1.12 bits per heavy atom. The highest BCUT2D eigenvalue weighted by atomic mass is 79.9. The van der Waals surface area contributed by atoms with Crippen molar-refractivity contribution >= 4 is 21.6 Å². The van der Waals surface area contributed by atoms with Crippen LogP contribution in [0.4, 0.5) is 5.69 Å². The van der Waals surface area contributed by atoms with Crippen molar-refractivity contribution in [3.8, 4) is 5.75 Å². The minimum atomic E-state index is 0.521. The zero-order valence-corrected chi connectivity index (χ0v) is 11.2. The van der Waals surface area contributed by atoms with Crippen LogP contribution in [0.1, 0.15) is 11.1 Å². The summed E-state index contributed by atoms with van der Waals surface area (Å²) >= 11 is 3.43. The van der Waals surface area contributed by atoms with Crippen molar-refractivity contribution in [1.82, 2.24) is 0 Å². The largest absolute Gasteiger partial charge is 0.486 e. The molecule has 2 N–H and O–H groups in total. The van der Waals surface area contributed by atoms with Gasteiger partial charge in [0.05, 0.1) is 10.2 Å². The van der Waals surface area contributed by atoms with Crippen LogP contribution in [0.5, 0.6) is 5.75 Å². The van der Waals surface area contributed by atoms with Crippen molar-refractivity contribution in [2.45, 2.75) is 13.5 Å². The number of nitrogens with two attached hydrogens (primary N) is 1. The standard InChI is InChI=1S/C14H14BrNO/c1-10-5-7-11(8-6-10)9-17-14-12(15)3-2-4-13(14)16/h2-8H,9,16H2,1H3. The number of hydrogen-bond acceptors (Lipinski definition) is 2. The van der Waals surface area contributed by atoms with Gasteiger partial charge in [0.1, 0.15) is 6.61 Å². The van der Waals surface area contributed by atoms with Gasteiger partial charge in [0.2, 0.25) is 0 Å². The smallest absolute Gasteiger partial charge is 0.156 e. The number of para-hydroxylation sites is 1. The van der Waals surface area contributed by atoms with Crippen molar-refractivity contribution in [2.24, 2.45) is 0 Å². The van der Waals surface area contributed by atoms with Gasteiger partial charge in [-0.15, -0.1) is 0 Å². The second-order valence-electron chi connectivity index (χ2n) is 3.93. The number of hydrogen-bond donors (Lipinski definition) is 1. The zero-order valence-electron chi connectivity index (χ0n) is 9.61. The number of rotatable bonds is 3. The van der Waals surface area contributed by atoms with E-state index in [4.69, 9.17) is 10.5 Å². The minimum Gasteiger partial charge on any atom is -0.486 e. The maximum absolute atomic E-state index is 5.85. The van der Waals surface area contributed by atoms with Crippen LogP contribution in [0, 0.1) is 6.92 Å². The molecule has 0 aliphatic rings. The molecule has 0 saturated heterocycles. The van der Waals surface area contributed by atoms with Crippen LogP contribution in [-0.2, 0) is 6.61 Å². The lowest BCUT2D eigenvalue weighted by atomic mass is 10.2. The molecular weight excluding hydrogens is 278 g/mol. The van der Waals surface area contributed by atoms with Crippen molar-refractivity contribution in [3.05, 3.63) is 58.1 Å². The van der Waals surface area contributed by atoms with Crippen molar-refractivity contribution in [2.75, 3.05) is 5.73 Å². The van der Waals surface area contributed by atoms with Crippen molar-refractivity contribution in [3.63, 3.8) is 0 Å². The number of nitrogen functional groups attached to an aromatic ring is 1. The Bertz CT molecular complexity index is 488. The van der Waals surface area contributed by atoms with Crippen LogP contribution in [0.2, 0.25) is 0 Å². The molecule has 0 radical (unpaired) electrons. The topological polar surface area (TPSA) is 35.2 Å². The fourth-order valence-electron chi connectivity index (χ4n) is 1.52. The first kappa shape index (κ1) is 12.0. The molecule has 0 aliphatic heterocycles. The highest BCUT2D eigenvalue weighted by Gasteiger charge is 2.05. The maximum atomic E-state index is 5.85. The monoisotopic (exact) mass is 291 g/mol. The van der Waals surface area contributed by atoms with E-state index in [0.29, 0.717) is 18.0 Å². The Morgan fingerprint density at radius 2 is 1.82 bits per heavy atom. The van der Waals surface area contributed by atoms with E-state index in [9.17, 15) is 0 Å². The van der Waals surface area contributed by atoms with Crippen LogP contribution in [0.3, 0.4) is 0 Å². The Balaban J connectivity index is 2.10. The molecule has 2 rings (SSSR count). The minimum absolute atomic E-state index is 0.521. The molecule has 0 atom stereocenters. The summed E-state index contributed by atoms with van der Waals surface area (Å²) in [6.45, 7) is 2.59. The van der Waals surface area contributed by atoms with Gasteiger partial charge in [-0.3, -0.25) is 0 Å². The molecule has 2 aromatic carbocycles. The molecule has 0 bridgehead atoms. The molecule has 0 heterocycles. The Hall–Kier alpha value is -1.48. The highest BCUT2D eigenvalue weighted by molar-refractivity contribution is 9.10. The van der Waals surface area contributed by atoms with Gasteiger partial charge in [-0.2, -0.15) is 0 Å². The summed E-state index contributed by atoms with van der Waals surface area (Å²) in [4.78, 5) is 0. The Morgan fingerprint density at radius 3 is 2.47 bits per heavy atom. The molecule has 17 heavy (non-hydrogen) atoms. The third-order valence-electron chi connectivity index (χ3n) is 2.50. The fraction of sp³-hybridized carbons (Fsp3) is 0.143. The van der Waals surface area contributed by atoms with Crippen LogP contribution in [0.25, 0.3) is 0 Å². The molecule has 0 unspecified atom stereocenters. The first-order valence-electron chi connectivity index (χ1n) is 5.39. The predicted octanol–water partition coefficient (Wildman–Crippen LogP) is 3.92. The van der Waals surface area contributed by atoms with E-state index in [1.54, 1.807) is 0 Å². The third kappa shape index (κ3) is 3.01. The van der Waals surface area contributed by atoms with E-state index < -0.39 is 0 Å². The first-order valence-corrected chi connectivity index (χ1v) is 6.18. The normalized spacial score (nSPS) is 10.2. The molecule has 0 spiro atoms. The lowest BCUT2D eigenvalue weighted by Crippen LogP contribution is -1.99. The van der Waals surface area contributed by atoms with Gasteiger partial charge in [0.15, 0.2) is 5.75 Å². The summed E-state index contributed by atoms with van der Waals surface area (Å²) in [5, 5.41) is 0. The first-order chi connectivity index (χ1) is 8.16. The maximum Gasteiger partial charge on any atom is 0.156 e. The van der Waals surface area contributed by atoms with Crippen molar-refractivity contribution in [1.29, 1.82) is 0 Å². The summed E-state index contributed by atoms with van der Waals surface area (Å²) in [5.41, 5.74) is 8.87. The quantitative estimate of drug-likeness (QED) is 0.870. The van der Waals surface area contributed by atoms with Gasteiger partial charge < -0.3 is 10.5 Å². The average Bonchev–Trinajstić information content (AvgIpc) is 2.31. The van der Waals surface area contributed by atoms with E-state index in [0.717, 1.165) is 10.0 Å². The van der Waals surface area contributed by atoms with E-state index in [-0.39, 0.29) is 0 Å². The zero-order chi connectivity index (χ0) is 12.3. The summed E-state index contributed by atoms with van der Waals surface area (Å²) in [6, 6.07) is 13.9. The molecule has 2 nitrogen and oxygen atoms in total. The highest BCUT2D eigenvalue weighted by Crippen LogP contribution is 2.31. The van der Waals surface area contributed by atoms with Crippen LogP contribution < -0.4 is 10.5 Å². The molecule has 0 amide bonds. The third-order valence-corrected chi connectivity index (χ3v) is 3.13. The van der Waals surface area contributed by atoms with Crippen LogP contribution >= 0.6 is 15.9 Å². The lowest BCUT2D eigenvalue weighted by molar-refractivity contribution is 0.306. The second kappa shape index (κ2) is 5.23. The number of anilines is 1. The molecular formula is C14H14BrNO. The van der Waals surface area contributed by atoms with Gasteiger partial charge in [-0.1, -0.05) is 35.9 Å². The number of aryl methyl sites for hydroxylation is 1. The van der Waals surface area contributed by atoms with Crippen LogP contribution in [0.15, 0.2) is 46.9 Å². The van der Waals surface area contributed by atoms with E-state index >= 15 is 0 Å². The number of halogens is 1. The average molecular weight is 292 g/mol. The predicted molar refractivity (Wildman–Crippen MR) is 74.1 cm³/mol. The number of benzene rings is 2. The molecule has 0 aromatic heterocycles. The summed E-state index contributed by atoms with van der Waals surface area (Å²) in [5.74, 6) is 0.702. The van der Waals surface area contributed by atoms with Crippen molar-refractivity contribution < 1.29 is 4.74 Å². The number of ether oxygens (including phenoxy) is 1.